The highest BCUT2D eigenvalue weighted by Crippen LogP contribution is 2.35. The molecule has 18 heavy (non-hydrogen) atoms. The van der Waals surface area contributed by atoms with Crippen molar-refractivity contribution in [2.75, 3.05) is 0 Å². The minimum Gasteiger partial charge on any atom is -0.294 e. The molecular formula is C14H10Br2OS. The summed E-state index contributed by atoms with van der Waals surface area (Å²) < 4.78 is 1.91. The van der Waals surface area contributed by atoms with Gasteiger partial charge in [0, 0.05) is 24.3 Å². The number of carbonyl (C=O) groups excluding carboxylic acids is 1. The molecule has 92 valence electrons. The first-order chi connectivity index (χ1) is 8.58. The largest absolute Gasteiger partial charge is 0.294 e. The normalized spacial score (nSPS) is 10.4. The number of halogens is 2. The van der Waals surface area contributed by atoms with Crippen LogP contribution in [0.2, 0.25) is 0 Å². The van der Waals surface area contributed by atoms with Crippen molar-refractivity contribution in [1.82, 2.24) is 0 Å². The zero-order valence-electron chi connectivity index (χ0n) is 9.61. The Morgan fingerprint density at radius 3 is 2.39 bits per heavy atom. The zero-order valence-corrected chi connectivity index (χ0v) is 13.6. The molecule has 0 spiro atoms. The van der Waals surface area contributed by atoms with Crippen molar-refractivity contribution in [2.45, 2.75) is 16.7 Å². The van der Waals surface area contributed by atoms with Crippen LogP contribution < -0.4 is 0 Å². The molecule has 0 aliphatic carbocycles. The number of hydrogen-bond acceptors (Lipinski definition) is 2. The maximum absolute atomic E-state index is 11.3. The van der Waals surface area contributed by atoms with Crippen molar-refractivity contribution in [3.8, 4) is 0 Å². The Hall–Kier alpha value is -0.580. The van der Waals surface area contributed by atoms with E-state index in [1.54, 1.807) is 18.7 Å². The molecule has 0 bridgehead atoms. The number of rotatable bonds is 3. The molecule has 0 amide bonds. The van der Waals surface area contributed by atoms with E-state index in [1.807, 2.05) is 36.4 Å². The summed E-state index contributed by atoms with van der Waals surface area (Å²) in [6.07, 6.45) is 0. The fraction of sp³-hybridized carbons (Fsp3) is 0.0714. The maximum Gasteiger partial charge on any atom is 0.160 e. The molecule has 2 aromatic carbocycles. The van der Waals surface area contributed by atoms with E-state index in [2.05, 4.69) is 37.9 Å². The summed E-state index contributed by atoms with van der Waals surface area (Å²) in [6, 6.07) is 13.9. The van der Waals surface area contributed by atoms with Crippen molar-refractivity contribution in [1.29, 1.82) is 0 Å². The van der Waals surface area contributed by atoms with Gasteiger partial charge in [-0.1, -0.05) is 39.8 Å². The molecule has 0 saturated carbocycles. The average Bonchev–Trinajstić information content (AvgIpc) is 2.32. The van der Waals surface area contributed by atoms with E-state index in [0.717, 1.165) is 18.7 Å². The predicted octanol–water partition coefficient (Wildman–Crippen LogP) is 5.57. The Balaban J connectivity index is 2.29. The second kappa shape index (κ2) is 6.04. The van der Waals surface area contributed by atoms with Crippen LogP contribution in [0.25, 0.3) is 0 Å². The van der Waals surface area contributed by atoms with Crippen LogP contribution in [-0.4, -0.2) is 5.78 Å². The molecule has 0 N–H and O–H groups in total. The SMILES string of the molecule is CC(=O)c1ccc(Sc2ccccc2Br)cc1Br. The standard InChI is InChI=1S/C14H10Br2OS/c1-9(17)11-7-6-10(8-13(11)16)18-14-5-3-2-4-12(14)15/h2-8H,1H3. The van der Waals surface area contributed by atoms with Gasteiger partial charge < -0.3 is 0 Å². The van der Waals surface area contributed by atoms with Crippen molar-refractivity contribution in [2.24, 2.45) is 0 Å². The average molecular weight is 386 g/mol. The van der Waals surface area contributed by atoms with E-state index in [-0.39, 0.29) is 5.78 Å². The van der Waals surface area contributed by atoms with Gasteiger partial charge in [0.1, 0.15) is 0 Å². The van der Waals surface area contributed by atoms with Crippen molar-refractivity contribution < 1.29 is 4.79 Å². The summed E-state index contributed by atoms with van der Waals surface area (Å²) in [5, 5.41) is 0. The first-order valence-corrected chi connectivity index (χ1v) is 7.71. The minimum absolute atomic E-state index is 0.0688. The summed E-state index contributed by atoms with van der Waals surface area (Å²) >= 11 is 8.62. The van der Waals surface area contributed by atoms with E-state index in [9.17, 15) is 4.79 Å². The van der Waals surface area contributed by atoms with Crippen LogP contribution in [0.4, 0.5) is 0 Å². The van der Waals surface area contributed by atoms with Crippen LogP contribution >= 0.6 is 43.6 Å². The van der Waals surface area contributed by atoms with Gasteiger partial charge in [-0.15, -0.1) is 0 Å². The highest BCUT2D eigenvalue weighted by Gasteiger charge is 2.07. The maximum atomic E-state index is 11.3. The van der Waals surface area contributed by atoms with Gasteiger partial charge >= 0.3 is 0 Å². The lowest BCUT2D eigenvalue weighted by molar-refractivity contribution is 0.101. The summed E-state index contributed by atoms with van der Waals surface area (Å²) in [7, 11) is 0. The Bertz CT molecular complexity index is 596. The van der Waals surface area contributed by atoms with E-state index in [0.29, 0.717) is 5.56 Å². The summed E-state index contributed by atoms with van der Waals surface area (Å²) in [5.41, 5.74) is 0.714. The predicted molar refractivity (Wildman–Crippen MR) is 82.4 cm³/mol. The van der Waals surface area contributed by atoms with Crippen LogP contribution in [0.5, 0.6) is 0 Å². The number of Topliss-reactive ketones (excluding diaryl/α,β-unsaturated/α-hetero) is 1. The lowest BCUT2D eigenvalue weighted by Crippen LogP contribution is -1.93. The second-order valence-corrected chi connectivity index (χ2v) is 6.55. The van der Waals surface area contributed by atoms with Gasteiger partial charge in [-0.3, -0.25) is 4.79 Å². The molecular weight excluding hydrogens is 376 g/mol. The fourth-order valence-electron chi connectivity index (χ4n) is 1.50. The molecule has 2 rings (SSSR count). The van der Waals surface area contributed by atoms with Gasteiger partial charge in [-0.25, -0.2) is 0 Å². The molecule has 0 aliphatic rings. The van der Waals surface area contributed by atoms with Crippen LogP contribution in [0.1, 0.15) is 17.3 Å². The Labute approximate surface area is 127 Å². The molecule has 0 fully saturated rings. The van der Waals surface area contributed by atoms with Gasteiger partial charge in [-0.2, -0.15) is 0 Å². The van der Waals surface area contributed by atoms with Crippen LogP contribution in [0.15, 0.2) is 61.2 Å². The topological polar surface area (TPSA) is 17.1 Å². The lowest BCUT2D eigenvalue weighted by Gasteiger charge is -2.06. The monoisotopic (exact) mass is 384 g/mol. The van der Waals surface area contributed by atoms with Gasteiger partial charge in [0.2, 0.25) is 0 Å². The van der Waals surface area contributed by atoms with Crippen molar-refractivity contribution in [3.63, 3.8) is 0 Å². The third kappa shape index (κ3) is 3.25. The molecule has 2 aromatic rings. The number of benzene rings is 2. The highest BCUT2D eigenvalue weighted by molar-refractivity contribution is 9.10. The third-order valence-electron chi connectivity index (χ3n) is 2.38. The summed E-state index contributed by atoms with van der Waals surface area (Å²) in [6.45, 7) is 1.57. The highest BCUT2D eigenvalue weighted by atomic mass is 79.9. The molecule has 0 saturated heterocycles. The summed E-state index contributed by atoms with van der Waals surface area (Å²) in [5.74, 6) is 0.0688. The minimum atomic E-state index is 0.0688. The van der Waals surface area contributed by atoms with E-state index in [1.165, 1.54) is 0 Å². The summed E-state index contributed by atoms with van der Waals surface area (Å²) in [4.78, 5) is 13.6. The first kappa shape index (κ1) is 13.8. The Morgan fingerprint density at radius 2 is 1.78 bits per heavy atom. The molecule has 0 aliphatic heterocycles. The van der Waals surface area contributed by atoms with Crippen LogP contribution in [0.3, 0.4) is 0 Å². The quantitative estimate of drug-likeness (QED) is 0.642. The molecule has 0 aromatic heterocycles. The molecule has 1 nitrogen and oxygen atoms in total. The van der Waals surface area contributed by atoms with E-state index >= 15 is 0 Å². The van der Waals surface area contributed by atoms with Gasteiger partial charge in [0.05, 0.1) is 0 Å². The number of ketones is 1. The van der Waals surface area contributed by atoms with Crippen LogP contribution in [0, 0.1) is 0 Å². The van der Waals surface area contributed by atoms with Gasteiger partial charge in [-0.05, 0) is 53.2 Å². The first-order valence-electron chi connectivity index (χ1n) is 5.31. The van der Waals surface area contributed by atoms with Crippen LogP contribution in [-0.2, 0) is 0 Å². The number of hydrogen-bond donors (Lipinski definition) is 0. The van der Waals surface area contributed by atoms with E-state index in [4.69, 9.17) is 0 Å². The van der Waals surface area contributed by atoms with Gasteiger partial charge in [0.15, 0.2) is 5.78 Å². The Kier molecular flexibility index (Phi) is 4.65. The van der Waals surface area contributed by atoms with Crippen molar-refractivity contribution >= 4 is 49.4 Å². The molecule has 0 atom stereocenters. The molecule has 4 heteroatoms. The molecule has 0 heterocycles. The third-order valence-corrected chi connectivity index (χ3v) is 5.06. The molecule has 0 radical (unpaired) electrons. The lowest BCUT2D eigenvalue weighted by atomic mass is 10.2. The molecule has 0 unspecified atom stereocenters. The number of carbonyl (C=O) groups is 1. The van der Waals surface area contributed by atoms with Crippen molar-refractivity contribution in [3.05, 3.63) is 57.0 Å². The van der Waals surface area contributed by atoms with Gasteiger partial charge in [0.25, 0.3) is 0 Å². The Morgan fingerprint density at radius 1 is 1.06 bits per heavy atom. The smallest absolute Gasteiger partial charge is 0.160 e. The fourth-order valence-corrected chi connectivity index (χ4v) is 3.72. The van der Waals surface area contributed by atoms with E-state index < -0.39 is 0 Å². The second-order valence-electron chi connectivity index (χ2n) is 3.73. The zero-order chi connectivity index (χ0) is 13.1.